The van der Waals surface area contributed by atoms with Crippen LogP contribution in [0.3, 0.4) is 0 Å². The predicted octanol–water partition coefficient (Wildman–Crippen LogP) is 18.1. The molecule has 12 aromatic rings. The molecule has 6 heteroatoms. The topological polar surface area (TPSA) is 40.3 Å². The van der Waals surface area contributed by atoms with Crippen molar-refractivity contribution in [3.05, 3.63) is 236 Å². The van der Waals surface area contributed by atoms with Crippen LogP contribution in [0.5, 0.6) is 0 Å². The second kappa shape index (κ2) is 18.1. The smallest absolute Gasteiger partial charge is 0.136 e. The van der Waals surface area contributed by atoms with E-state index in [0.29, 0.717) is 11.0 Å². The average molecular weight is 1150 g/mol. The van der Waals surface area contributed by atoms with E-state index in [-0.39, 0.29) is 65.2 Å². The number of imidazole rings is 1. The molecular weight excluding hydrogens is 1080 g/mol. The Hall–Kier alpha value is -8.11. The number of benzene rings is 9. The van der Waals surface area contributed by atoms with Crippen LogP contribution in [0.1, 0.15) is 66.4 Å². The Kier molecular flexibility index (Phi) is 9.00. The number of nitrogens with zero attached hydrogens (tertiary/aromatic N) is 4. The molecule has 0 fully saturated rings. The van der Waals surface area contributed by atoms with Gasteiger partial charge in [-0.25, -0.2) is 4.98 Å². The molecule has 0 saturated carbocycles. The summed E-state index contributed by atoms with van der Waals surface area (Å²) in [5.41, 5.74) is 6.37. The Labute approximate surface area is 459 Å². The van der Waals surface area contributed by atoms with Crippen molar-refractivity contribution in [2.45, 2.75) is 52.4 Å². The zero-order valence-electron chi connectivity index (χ0n) is 51.4. The van der Waals surface area contributed by atoms with E-state index >= 15 is 0 Å². The first-order valence-electron chi connectivity index (χ1n) is 29.4. The Morgan fingerprint density at radius 1 is 0.527 bits per heavy atom. The number of fused-ring (bicyclic) bond motifs is 23. The average Bonchev–Trinajstić information content (AvgIpc) is 1.87. The molecule has 5 nitrogen and oxygen atoms in total. The number of hydrogen-bond donors (Lipinski definition) is 0. The van der Waals surface area contributed by atoms with Crippen molar-refractivity contribution in [1.29, 1.82) is 0 Å². The molecule has 0 amide bonds. The fourth-order valence-electron chi connectivity index (χ4n) is 10.0. The third kappa shape index (κ3) is 8.17. The van der Waals surface area contributed by atoms with Crippen LogP contribution in [0, 0.1) is 12.1 Å². The zero-order valence-corrected chi connectivity index (χ0v) is 43.7. The number of para-hydroxylation sites is 3. The molecule has 364 valence electrons. The van der Waals surface area contributed by atoms with Gasteiger partial charge in [0.2, 0.25) is 0 Å². The molecule has 0 aliphatic carbocycles. The molecule has 9 aromatic carbocycles. The molecule has 4 heterocycles. The normalized spacial score (nSPS) is 14.0. The van der Waals surface area contributed by atoms with E-state index in [2.05, 4.69) is 160 Å². The van der Waals surface area contributed by atoms with Gasteiger partial charge in [0.15, 0.2) is 0 Å². The maximum absolute atomic E-state index is 9.98. The molecule has 0 unspecified atom stereocenters. The van der Waals surface area contributed by atoms with Crippen molar-refractivity contribution >= 4 is 82.1 Å². The summed E-state index contributed by atoms with van der Waals surface area (Å²) in [5, 5.41) is 4.54. The third-order valence-electron chi connectivity index (χ3n) is 13.8. The van der Waals surface area contributed by atoms with Crippen molar-refractivity contribution in [1.82, 2.24) is 18.5 Å². The van der Waals surface area contributed by atoms with E-state index in [4.69, 9.17) is 16.3 Å². The van der Waals surface area contributed by atoms with Gasteiger partial charge in [0.25, 0.3) is 0 Å². The minimum atomic E-state index is -0.666. The number of rotatable bonds is 2. The van der Waals surface area contributed by atoms with E-state index in [1.807, 2.05) is 54.6 Å². The molecule has 3 aromatic heterocycles. The van der Waals surface area contributed by atoms with E-state index in [1.165, 1.54) is 0 Å². The SMILES string of the molecule is [2H]c1c([2H])c([2H])c(-c2c([2H])c([2H])c3c(c2[2H])c2c([2H])c([2H])c4[c-]c2n3c2cc(C(C)(C)C)cc(n2)c2cccc(c2)c2ccccc2c2cccc(-c3ccccc3)c2n2[cH-]n(c3[c-]c(cc(C(C)(C)C)c3)o4)-c3ccccc3-2)c([2H])c1[2H].[Pt]. The molecule has 10 bridgehead atoms. The second-order valence-corrected chi connectivity index (χ2v) is 20.6. The fourth-order valence-corrected chi connectivity index (χ4v) is 10.0. The second-order valence-electron chi connectivity index (χ2n) is 20.6. The van der Waals surface area contributed by atoms with Crippen LogP contribution >= 0.6 is 0 Å². The quantitative estimate of drug-likeness (QED) is 0.162. The van der Waals surface area contributed by atoms with Crippen molar-refractivity contribution in [2.24, 2.45) is 0 Å². The molecule has 1 aliphatic rings. The molecule has 0 atom stereocenters. The summed E-state index contributed by atoms with van der Waals surface area (Å²) in [6.45, 7) is 12.5. The first-order chi connectivity index (χ1) is 39.6. The van der Waals surface area contributed by atoms with Gasteiger partial charge >= 0.3 is 0 Å². The summed E-state index contributed by atoms with van der Waals surface area (Å²) in [6, 6.07) is 50.8. The van der Waals surface area contributed by atoms with Crippen LogP contribution in [0.25, 0.3) is 116 Å². The van der Waals surface area contributed by atoms with Gasteiger partial charge in [-0.2, -0.15) is 23.7 Å². The van der Waals surface area contributed by atoms with Crippen LogP contribution in [-0.4, -0.2) is 18.5 Å². The first-order valence-corrected chi connectivity index (χ1v) is 24.4. The summed E-state index contributed by atoms with van der Waals surface area (Å²) >= 11 is 0. The number of pyridine rings is 1. The number of hydrogen-bond acceptors (Lipinski definition) is 2. The maximum Gasteiger partial charge on any atom is 0.136 e. The van der Waals surface area contributed by atoms with Gasteiger partial charge in [0.1, 0.15) is 5.65 Å². The van der Waals surface area contributed by atoms with E-state index in [9.17, 15) is 6.85 Å². The minimum absolute atomic E-state index is 0. The van der Waals surface area contributed by atoms with E-state index in [0.717, 1.165) is 66.1 Å². The fraction of sp³-hybridized carbons (Fsp3) is 0.118. The molecule has 0 radical (unpaired) electrons. The van der Waals surface area contributed by atoms with Gasteiger partial charge < -0.3 is 18.0 Å². The Bertz CT molecular complexity index is 5050. The van der Waals surface area contributed by atoms with E-state index in [1.54, 1.807) is 4.40 Å². The van der Waals surface area contributed by atoms with E-state index < -0.39 is 76.8 Å². The maximum atomic E-state index is 9.98. The van der Waals surface area contributed by atoms with Gasteiger partial charge in [-0.3, -0.25) is 0 Å². The molecule has 74 heavy (non-hydrogen) atoms. The van der Waals surface area contributed by atoms with Gasteiger partial charge in [0, 0.05) is 50.8 Å². The molecule has 0 N–H and O–H groups in total. The van der Waals surface area contributed by atoms with Crippen LogP contribution in [-0.2, 0) is 31.9 Å². The zero-order chi connectivity index (χ0) is 58.3. The molecule has 0 saturated heterocycles. The van der Waals surface area contributed by atoms with Crippen molar-refractivity contribution < 1.29 is 39.2 Å². The van der Waals surface area contributed by atoms with Crippen LogP contribution in [0.15, 0.2) is 217 Å². The predicted molar refractivity (Wildman–Crippen MR) is 305 cm³/mol. The molecule has 1 aliphatic heterocycles. The van der Waals surface area contributed by atoms with Crippen molar-refractivity contribution in [2.75, 3.05) is 0 Å². The monoisotopic (exact) mass is 1150 g/mol. The van der Waals surface area contributed by atoms with Crippen LogP contribution in [0.2, 0.25) is 0 Å². The molecule has 0 spiro atoms. The summed E-state index contributed by atoms with van der Waals surface area (Å²) in [4.78, 5) is 5.40. The standard InChI is InChI=1S/C68H53N4O.Pt/c1-67(2,3)49-37-51-41-53(38-49)73-52-32-33-57-59-36-46(44-19-9-7-10-20-44)31-34-61(59)72(64(57)42-52)65-40-50(68(4,5)6)39-60(69-65)48-24-17-23-47(35-48)54-25-13-14-26-56(54)58-28-18-27-55(45-21-11-8-12-22-45)66(58)71-43-70(51)62-29-15-16-30-63(62)71;/h7-40,43H,1-6H3;/q-3;/i7D,9D,10D,19D,20D,31D,32D,33D,34D,36D;. The van der Waals surface area contributed by atoms with Gasteiger partial charge in [-0.05, 0) is 108 Å². The largest absolute Gasteiger partial charge is 0.510 e. The number of aromatic nitrogens is 4. The third-order valence-corrected chi connectivity index (χ3v) is 13.8. The Morgan fingerprint density at radius 2 is 1.22 bits per heavy atom. The first kappa shape index (κ1) is 36.7. The summed E-state index contributed by atoms with van der Waals surface area (Å²) < 4.78 is 105. The minimum Gasteiger partial charge on any atom is -0.510 e. The van der Waals surface area contributed by atoms with Crippen LogP contribution in [0.4, 0.5) is 0 Å². The Morgan fingerprint density at radius 3 is 2.00 bits per heavy atom. The Balaban J connectivity index is 0.00000694. The summed E-state index contributed by atoms with van der Waals surface area (Å²) in [5.74, 6) is 0. The van der Waals surface area contributed by atoms with Crippen molar-refractivity contribution in [3.63, 3.8) is 0 Å². The van der Waals surface area contributed by atoms with Gasteiger partial charge in [0.05, 0.1) is 16.5 Å². The molecule has 13 rings (SSSR count). The summed E-state index contributed by atoms with van der Waals surface area (Å²) in [7, 11) is 0. The van der Waals surface area contributed by atoms with Crippen LogP contribution < -0.4 is 0 Å². The summed E-state index contributed by atoms with van der Waals surface area (Å²) in [6.07, 6.45) is 2.08. The van der Waals surface area contributed by atoms with Gasteiger partial charge in [-0.15, -0.1) is 29.1 Å². The van der Waals surface area contributed by atoms with Crippen molar-refractivity contribution in [3.8, 4) is 33.6 Å². The van der Waals surface area contributed by atoms with Gasteiger partial charge in [-0.1, -0.05) is 205 Å². The molecular formula is C68H53N4OPt-3.